The lowest BCUT2D eigenvalue weighted by Gasteiger charge is -2.28. The van der Waals surface area contributed by atoms with Crippen molar-refractivity contribution in [2.24, 2.45) is 21.4 Å². The number of carbonyl (C=O) groups excluding carboxylic acids is 2. The first-order chi connectivity index (χ1) is 19.8. The van der Waals surface area contributed by atoms with E-state index in [0.29, 0.717) is 11.6 Å². The molecule has 1 heterocycles. The number of esters is 2. The molecule has 0 aliphatic heterocycles. The third kappa shape index (κ3) is 7.57. The van der Waals surface area contributed by atoms with Gasteiger partial charge in [-0.15, -0.1) is 5.11 Å². The van der Waals surface area contributed by atoms with E-state index in [2.05, 4.69) is 76.8 Å². The van der Waals surface area contributed by atoms with Crippen LogP contribution in [0.4, 0.5) is 5.69 Å². The van der Waals surface area contributed by atoms with Crippen molar-refractivity contribution < 1.29 is 19.1 Å². The number of nitrogens with zero attached hydrogens (tertiary/aromatic N) is 5. The van der Waals surface area contributed by atoms with Gasteiger partial charge in [-0.3, -0.25) is 4.79 Å². The van der Waals surface area contributed by atoms with E-state index >= 15 is 0 Å². The molecule has 1 aliphatic carbocycles. The monoisotopic (exact) mass is 555 g/mol. The summed E-state index contributed by atoms with van der Waals surface area (Å²) in [6.07, 6.45) is 10.8. The van der Waals surface area contributed by atoms with E-state index in [1.54, 1.807) is 36.4 Å². The van der Waals surface area contributed by atoms with E-state index in [-0.39, 0.29) is 24.0 Å². The topological polar surface area (TPSA) is 99.5 Å². The van der Waals surface area contributed by atoms with Gasteiger partial charge < -0.3 is 18.6 Å². The summed E-state index contributed by atoms with van der Waals surface area (Å²) in [5.41, 5.74) is 4.92. The van der Waals surface area contributed by atoms with Crippen LogP contribution in [0.3, 0.4) is 0 Å². The number of carbonyl (C=O) groups is 2. The fraction of sp³-hybridized carbons (Fsp3) is 0.344. The zero-order chi connectivity index (χ0) is 29.4. The molecule has 1 aromatic heterocycles. The highest BCUT2D eigenvalue weighted by atomic mass is 16.5. The second-order valence-electron chi connectivity index (χ2n) is 10.3. The lowest BCUT2D eigenvalue weighted by atomic mass is 9.87. The second kappa shape index (κ2) is 13.7. The van der Waals surface area contributed by atoms with Crippen LogP contribution in [-0.2, 0) is 22.7 Å². The highest BCUT2D eigenvalue weighted by Crippen LogP contribution is 2.32. The van der Waals surface area contributed by atoms with Gasteiger partial charge in [0.15, 0.2) is 0 Å². The van der Waals surface area contributed by atoms with Crippen LogP contribution >= 0.6 is 0 Å². The lowest BCUT2D eigenvalue weighted by Crippen LogP contribution is -2.32. The van der Waals surface area contributed by atoms with Gasteiger partial charge in [0.1, 0.15) is 17.9 Å². The van der Waals surface area contributed by atoms with Crippen molar-refractivity contribution in [3.8, 4) is 5.75 Å². The predicted octanol–water partition coefficient (Wildman–Crippen LogP) is 7.06. The molecule has 4 rings (SSSR count). The quantitative estimate of drug-likeness (QED) is 0.116. The van der Waals surface area contributed by atoms with Crippen LogP contribution in [0.25, 0.3) is 0 Å². The van der Waals surface area contributed by atoms with E-state index in [9.17, 15) is 9.59 Å². The molecule has 0 amide bonds. The standard InChI is InChI=1S/C32H37N5O4/c1-6-7-16-36-17-18-37(30-23(3)19-22(2)20-24(30)4)32(36)34-35-33-27-14-12-26(13-15-27)21-40-31(39)28-10-8-9-11-29(28)41-25(5)38/h8-15,17-20,23,30H,6-7,16,21H2,1-5H3/b34-32+,35-33?. The van der Waals surface area contributed by atoms with Crippen LogP contribution in [0.15, 0.2) is 99.7 Å². The number of para-hydroxylation sites is 1. The van der Waals surface area contributed by atoms with Crippen molar-refractivity contribution >= 4 is 17.6 Å². The van der Waals surface area contributed by atoms with E-state index in [0.717, 1.165) is 30.6 Å². The van der Waals surface area contributed by atoms with Crippen LogP contribution in [0, 0.1) is 5.92 Å². The van der Waals surface area contributed by atoms with Crippen LogP contribution in [0.5, 0.6) is 5.75 Å². The van der Waals surface area contributed by atoms with Gasteiger partial charge >= 0.3 is 11.9 Å². The third-order valence-electron chi connectivity index (χ3n) is 6.85. The van der Waals surface area contributed by atoms with Crippen LogP contribution in [-0.4, -0.2) is 21.1 Å². The average Bonchev–Trinajstić information content (AvgIpc) is 3.32. The van der Waals surface area contributed by atoms with Crippen molar-refractivity contribution in [3.63, 3.8) is 0 Å². The lowest BCUT2D eigenvalue weighted by molar-refractivity contribution is -0.131. The van der Waals surface area contributed by atoms with Crippen molar-refractivity contribution in [1.29, 1.82) is 0 Å². The summed E-state index contributed by atoms with van der Waals surface area (Å²) in [4.78, 5) is 23.9. The van der Waals surface area contributed by atoms with E-state index < -0.39 is 11.9 Å². The minimum atomic E-state index is -0.577. The molecule has 0 radical (unpaired) electrons. The number of imidazole rings is 1. The maximum atomic E-state index is 12.6. The highest BCUT2D eigenvalue weighted by molar-refractivity contribution is 5.93. The minimum absolute atomic E-state index is 0.0559. The number of hydrogen-bond donors (Lipinski definition) is 0. The number of aryl methyl sites for hydroxylation is 1. The number of allylic oxidation sites excluding steroid dienone is 4. The Labute approximate surface area is 240 Å². The molecule has 0 N–H and O–H groups in total. The molecule has 9 heteroatoms. The first-order valence-corrected chi connectivity index (χ1v) is 13.9. The summed E-state index contributed by atoms with van der Waals surface area (Å²) in [5, 5.41) is 13.1. The molecule has 0 bridgehead atoms. The Bertz CT molecular complexity index is 1540. The molecule has 0 saturated heterocycles. The van der Waals surface area contributed by atoms with Gasteiger partial charge in [0.2, 0.25) is 5.62 Å². The molecule has 2 unspecified atom stereocenters. The highest BCUT2D eigenvalue weighted by Gasteiger charge is 2.24. The normalized spacial score (nSPS) is 17.3. The minimum Gasteiger partial charge on any atom is -0.457 e. The molecule has 9 nitrogen and oxygen atoms in total. The first kappa shape index (κ1) is 29.5. The predicted molar refractivity (Wildman–Crippen MR) is 156 cm³/mol. The Morgan fingerprint density at radius 1 is 1.02 bits per heavy atom. The SMILES string of the molecule is CCCCn1ccn(C2C(C)=CC(C)=CC2C)/c1=N/N=Nc1ccc(COC(=O)c2ccccc2OC(C)=O)cc1. The van der Waals surface area contributed by atoms with E-state index in [1.807, 2.05) is 12.1 Å². The second-order valence-corrected chi connectivity index (χ2v) is 10.3. The smallest absolute Gasteiger partial charge is 0.342 e. The van der Waals surface area contributed by atoms with Crippen LogP contribution in [0.1, 0.15) is 69.4 Å². The van der Waals surface area contributed by atoms with Gasteiger partial charge in [0, 0.05) is 25.9 Å². The number of rotatable bonds is 10. The van der Waals surface area contributed by atoms with Gasteiger partial charge in [-0.1, -0.05) is 67.4 Å². The molecule has 0 spiro atoms. The summed E-state index contributed by atoms with van der Waals surface area (Å²) in [7, 11) is 0. The Morgan fingerprint density at radius 3 is 2.49 bits per heavy atom. The summed E-state index contributed by atoms with van der Waals surface area (Å²) < 4.78 is 14.8. The summed E-state index contributed by atoms with van der Waals surface area (Å²) in [6, 6.07) is 13.9. The van der Waals surface area contributed by atoms with E-state index in [1.165, 1.54) is 18.1 Å². The van der Waals surface area contributed by atoms with Crippen molar-refractivity contribution in [2.45, 2.75) is 66.7 Å². The summed E-state index contributed by atoms with van der Waals surface area (Å²) in [5.74, 6) is -0.586. The maximum absolute atomic E-state index is 12.6. The fourth-order valence-electron chi connectivity index (χ4n) is 5.03. The third-order valence-corrected chi connectivity index (χ3v) is 6.85. The van der Waals surface area contributed by atoms with Crippen LogP contribution < -0.4 is 10.4 Å². The van der Waals surface area contributed by atoms with Crippen LogP contribution in [0.2, 0.25) is 0 Å². The molecule has 41 heavy (non-hydrogen) atoms. The van der Waals surface area contributed by atoms with Gasteiger partial charge in [0.25, 0.3) is 0 Å². The largest absolute Gasteiger partial charge is 0.457 e. The van der Waals surface area contributed by atoms with Crippen molar-refractivity contribution in [2.75, 3.05) is 0 Å². The number of benzene rings is 2. The number of hydrogen-bond acceptors (Lipinski definition) is 6. The molecule has 2 aromatic carbocycles. The van der Waals surface area contributed by atoms with E-state index in [4.69, 9.17) is 9.47 Å². The number of aromatic nitrogens is 2. The fourth-order valence-corrected chi connectivity index (χ4v) is 5.03. The molecule has 214 valence electrons. The zero-order valence-electron chi connectivity index (χ0n) is 24.3. The zero-order valence-corrected chi connectivity index (χ0v) is 24.3. The number of ether oxygens (including phenoxy) is 2. The molecular weight excluding hydrogens is 518 g/mol. The summed E-state index contributed by atoms with van der Waals surface area (Å²) in [6.45, 7) is 10.9. The molecule has 0 fully saturated rings. The van der Waals surface area contributed by atoms with Gasteiger partial charge in [-0.25, -0.2) is 4.79 Å². The summed E-state index contributed by atoms with van der Waals surface area (Å²) >= 11 is 0. The first-order valence-electron chi connectivity index (χ1n) is 13.9. The number of unbranched alkanes of at least 4 members (excludes halogenated alkanes) is 1. The molecule has 2 atom stereocenters. The van der Waals surface area contributed by atoms with Crippen molar-refractivity contribution in [3.05, 3.63) is 101 Å². The molecule has 0 saturated carbocycles. The van der Waals surface area contributed by atoms with Gasteiger partial charge in [-0.2, -0.15) is 0 Å². The Kier molecular flexibility index (Phi) is 9.84. The van der Waals surface area contributed by atoms with Gasteiger partial charge in [0.05, 0.1) is 11.7 Å². The molecule has 3 aromatic rings. The maximum Gasteiger partial charge on any atom is 0.342 e. The average molecular weight is 556 g/mol. The molecule has 1 aliphatic rings. The Morgan fingerprint density at radius 2 is 1.78 bits per heavy atom. The molecular formula is C32H37N5O4. The Balaban J connectivity index is 1.47. The van der Waals surface area contributed by atoms with Crippen molar-refractivity contribution in [1.82, 2.24) is 9.13 Å². The van der Waals surface area contributed by atoms with Gasteiger partial charge in [-0.05, 0) is 66.8 Å². The Hall–Kier alpha value is -4.53.